The second-order valence-electron chi connectivity index (χ2n) is 3.22. The van der Waals surface area contributed by atoms with Crippen LogP contribution in [0.5, 0.6) is 0 Å². The number of rotatable bonds is 12. The summed E-state index contributed by atoms with van der Waals surface area (Å²) in [6.07, 6.45) is 1.84. The number of hydrogen-bond donors (Lipinski definition) is 0. The summed E-state index contributed by atoms with van der Waals surface area (Å²) in [6.45, 7) is 0.453. The maximum atomic E-state index is 9.99. The summed E-state index contributed by atoms with van der Waals surface area (Å²) < 4.78 is 4.47. The number of unbranched alkanes of at least 4 members (excludes halogenated alkanes) is 1. The van der Waals surface area contributed by atoms with Crippen molar-refractivity contribution in [2.24, 2.45) is 11.3 Å². The van der Waals surface area contributed by atoms with Crippen molar-refractivity contribution >= 4 is 6.47 Å². The van der Waals surface area contributed by atoms with Crippen LogP contribution in [0.3, 0.4) is 0 Å². The SMILES string of the molecule is O=COCCCCC(CON=O)CO[N+](=O)[O-]. The van der Waals surface area contributed by atoms with Gasteiger partial charge in [0, 0.05) is 5.92 Å². The molecule has 1 atom stereocenters. The molecule has 98 valence electrons. The first-order valence-corrected chi connectivity index (χ1v) is 4.98. The van der Waals surface area contributed by atoms with Crippen LogP contribution in [0.4, 0.5) is 0 Å². The van der Waals surface area contributed by atoms with Gasteiger partial charge in [-0.2, -0.15) is 0 Å². The minimum absolute atomic E-state index is 0.0358. The average molecular weight is 250 g/mol. The van der Waals surface area contributed by atoms with Gasteiger partial charge in [0.25, 0.3) is 11.6 Å². The predicted molar refractivity (Wildman–Crippen MR) is 54.1 cm³/mol. The van der Waals surface area contributed by atoms with E-state index < -0.39 is 5.09 Å². The molecule has 17 heavy (non-hydrogen) atoms. The lowest BCUT2D eigenvalue weighted by Gasteiger charge is -2.12. The van der Waals surface area contributed by atoms with Crippen LogP contribution in [0, 0.1) is 20.9 Å². The lowest BCUT2D eigenvalue weighted by Crippen LogP contribution is -2.17. The van der Waals surface area contributed by atoms with Crippen molar-refractivity contribution < 1.29 is 24.3 Å². The van der Waals surface area contributed by atoms with Gasteiger partial charge in [-0.1, -0.05) is 0 Å². The lowest BCUT2D eigenvalue weighted by molar-refractivity contribution is -0.759. The molecular formula is C8H14N2O7. The molecular weight excluding hydrogens is 236 g/mol. The lowest BCUT2D eigenvalue weighted by atomic mass is 10.0. The Morgan fingerprint density at radius 1 is 1.35 bits per heavy atom. The Bertz CT molecular complexity index is 236. The first-order chi connectivity index (χ1) is 8.20. The highest BCUT2D eigenvalue weighted by molar-refractivity contribution is 5.36. The molecule has 0 aromatic rings. The highest BCUT2D eigenvalue weighted by Gasteiger charge is 2.12. The van der Waals surface area contributed by atoms with Crippen molar-refractivity contribution in [3.8, 4) is 0 Å². The van der Waals surface area contributed by atoms with E-state index in [1.807, 2.05) is 0 Å². The zero-order chi connectivity index (χ0) is 12.9. The molecule has 0 aliphatic heterocycles. The second-order valence-corrected chi connectivity index (χ2v) is 3.22. The smallest absolute Gasteiger partial charge is 0.294 e. The molecule has 9 heteroatoms. The third kappa shape index (κ3) is 10.4. The normalized spacial score (nSPS) is 11.3. The minimum atomic E-state index is -0.906. The summed E-state index contributed by atoms with van der Waals surface area (Å²) in [5, 5.41) is 11.3. The molecule has 0 radical (unpaired) electrons. The van der Waals surface area contributed by atoms with E-state index in [0.717, 1.165) is 0 Å². The standard InChI is InChI=1S/C8H14N2O7/c11-7-15-4-2-1-3-8(5-16-9-12)6-17-10(13)14/h7-8H,1-6H2. The summed E-state index contributed by atoms with van der Waals surface area (Å²) >= 11 is 0. The molecule has 0 fully saturated rings. The summed E-state index contributed by atoms with van der Waals surface area (Å²) in [5.41, 5.74) is 0. The van der Waals surface area contributed by atoms with E-state index in [4.69, 9.17) is 0 Å². The number of ether oxygens (including phenoxy) is 1. The zero-order valence-electron chi connectivity index (χ0n) is 9.15. The van der Waals surface area contributed by atoms with Gasteiger partial charge in [-0.25, -0.2) is 0 Å². The minimum Gasteiger partial charge on any atom is -0.468 e. The van der Waals surface area contributed by atoms with E-state index in [9.17, 15) is 19.8 Å². The molecule has 9 nitrogen and oxygen atoms in total. The van der Waals surface area contributed by atoms with E-state index in [-0.39, 0.29) is 19.1 Å². The molecule has 0 aliphatic rings. The molecule has 0 N–H and O–H groups in total. The first-order valence-electron chi connectivity index (χ1n) is 4.98. The van der Waals surface area contributed by atoms with Crippen molar-refractivity contribution in [1.29, 1.82) is 0 Å². The van der Waals surface area contributed by atoms with Gasteiger partial charge in [-0.3, -0.25) is 4.79 Å². The molecule has 1 unspecified atom stereocenters. The molecule has 0 heterocycles. The molecule has 0 rings (SSSR count). The van der Waals surface area contributed by atoms with Crippen molar-refractivity contribution in [2.75, 3.05) is 19.8 Å². The van der Waals surface area contributed by atoms with E-state index in [2.05, 4.69) is 19.8 Å². The van der Waals surface area contributed by atoms with Crippen LogP contribution in [0.1, 0.15) is 19.3 Å². The van der Waals surface area contributed by atoms with Crippen molar-refractivity contribution in [2.45, 2.75) is 19.3 Å². The predicted octanol–water partition coefficient (Wildman–Crippen LogP) is 0.852. The van der Waals surface area contributed by atoms with Gasteiger partial charge in [0.05, 0.1) is 6.61 Å². The van der Waals surface area contributed by atoms with Crippen LogP contribution in [0.25, 0.3) is 0 Å². The zero-order valence-corrected chi connectivity index (χ0v) is 9.15. The highest BCUT2D eigenvalue weighted by atomic mass is 16.9. The summed E-state index contributed by atoms with van der Waals surface area (Å²) in [5.74, 6) is -0.297. The number of carbonyl (C=O) groups is 1. The summed E-state index contributed by atoms with van der Waals surface area (Å²) in [6, 6.07) is 0. The fourth-order valence-electron chi connectivity index (χ4n) is 1.18. The Morgan fingerprint density at radius 3 is 2.71 bits per heavy atom. The fourth-order valence-corrected chi connectivity index (χ4v) is 1.18. The molecule has 0 aromatic carbocycles. The third-order valence-electron chi connectivity index (χ3n) is 1.97. The first kappa shape index (κ1) is 15.1. The Morgan fingerprint density at radius 2 is 2.12 bits per heavy atom. The van der Waals surface area contributed by atoms with Gasteiger partial charge in [-0.15, -0.1) is 15.0 Å². The Kier molecular flexibility index (Phi) is 9.38. The van der Waals surface area contributed by atoms with Crippen LogP contribution >= 0.6 is 0 Å². The Hall–Kier alpha value is -1.93. The van der Waals surface area contributed by atoms with E-state index in [1.54, 1.807) is 0 Å². The van der Waals surface area contributed by atoms with Gasteiger partial charge in [0.15, 0.2) is 5.34 Å². The largest absolute Gasteiger partial charge is 0.468 e. The number of hydrogen-bond acceptors (Lipinski definition) is 8. The average Bonchev–Trinajstić information content (AvgIpc) is 2.31. The van der Waals surface area contributed by atoms with Crippen LogP contribution in [0.2, 0.25) is 0 Å². The molecule has 0 aliphatic carbocycles. The maximum Gasteiger partial charge on any atom is 0.294 e. The van der Waals surface area contributed by atoms with Gasteiger partial charge < -0.3 is 14.4 Å². The van der Waals surface area contributed by atoms with Crippen LogP contribution < -0.4 is 0 Å². The molecule has 0 aromatic heterocycles. The molecule has 0 saturated carbocycles. The monoisotopic (exact) mass is 250 g/mol. The van der Waals surface area contributed by atoms with E-state index in [0.29, 0.717) is 32.3 Å². The van der Waals surface area contributed by atoms with Crippen LogP contribution in [-0.2, 0) is 19.2 Å². The Labute approximate surface area is 97.1 Å². The molecule has 0 bridgehead atoms. The quantitative estimate of drug-likeness (QED) is 0.165. The van der Waals surface area contributed by atoms with Gasteiger partial charge >= 0.3 is 0 Å². The van der Waals surface area contributed by atoms with E-state index >= 15 is 0 Å². The third-order valence-corrected chi connectivity index (χ3v) is 1.97. The molecule has 0 saturated heterocycles. The second kappa shape index (κ2) is 10.6. The topological polar surface area (TPSA) is 117 Å². The van der Waals surface area contributed by atoms with Crippen molar-refractivity contribution in [1.82, 2.24) is 0 Å². The highest BCUT2D eigenvalue weighted by Crippen LogP contribution is 2.10. The number of nitrogens with zero attached hydrogens (tertiary/aromatic N) is 2. The van der Waals surface area contributed by atoms with Gasteiger partial charge in [-0.05, 0) is 19.3 Å². The maximum absolute atomic E-state index is 9.99. The molecule has 0 spiro atoms. The van der Waals surface area contributed by atoms with Crippen LogP contribution in [0.15, 0.2) is 5.34 Å². The van der Waals surface area contributed by atoms with Gasteiger partial charge in [0.2, 0.25) is 0 Å². The number of carbonyl (C=O) groups excluding carboxylic acids is 1. The van der Waals surface area contributed by atoms with Crippen molar-refractivity contribution in [3.05, 3.63) is 15.0 Å². The Balaban J connectivity index is 3.71. The van der Waals surface area contributed by atoms with Crippen molar-refractivity contribution in [3.63, 3.8) is 0 Å². The van der Waals surface area contributed by atoms with E-state index in [1.165, 1.54) is 0 Å². The van der Waals surface area contributed by atoms with Crippen LogP contribution in [-0.4, -0.2) is 31.4 Å². The molecule has 0 amide bonds. The summed E-state index contributed by atoms with van der Waals surface area (Å²) in [4.78, 5) is 38.1. The summed E-state index contributed by atoms with van der Waals surface area (Å²) in [7, 11) is 0. The van der Waals surface area contributed by atoms with Gasteiger partial charge in [0.1, 0.15) is 13.2 Å². The fraction of sp³-hybridized carbons (Fsp3) is 0.875.